The summed E-state index contributed by atoms with van der Waals surface area (Å²) in [6.45, 7) is 5.65. The van der Waals surface area contributed by atoms with Crippen molar-refractivity contribution in [3.8, 4) is 0 Å². The van der Waals surface area contributed by atoms with Crippen molar-refractivity contribution in [3.05, 3.63) is 0 Å². The third kappa shape index (κ3) is 2.94. The average molecular weight is 284 g/mol. The van der Waals surface area contributed by atoms with E-state index in [9.17, 15) is 8.42 Å². The van der Waals surface area contributed by atoms with Gasteiger partial charge in [-0.1, -0.05) is 29.8 Å². The second kappa shape index (κ2) is 4.94. The highest BCUT2D eigenvalue weighted by atomic mass is 79.9. The van der Waals surface area contributed by atoms with Crippen molar-refractivity contribution < 1.29 is 8.42 Å². The summed E-state index contributed by atoms with van der Waals surface area (Å²) in [5.74, 6) is 1.27. The Balaban J connectivity index is 2.59. The van der Waals surface area contributed by atoms with Gasteiger partial charge in [0.15, 0.2) is 0 Å². The highest BCUT2D eigenvalue weighted by Gasteiger charge is 2.30. The lowest BCUT2D eigenvalue weighted by molar-refractivity contribution is 0.323. The monoisotopic (exact) mass is 283 g/mol. The smallest absolute Gasteiger partial charge is 0.212 e. The molecule has 0 N–H and O–H groups in total. The molecule has 0 radical (unpaired) electrons. The molecule has 5 heteroatoms. The highest BCUT2D eigenvalue weighted by molar-refractivity contribution is 9.09. The maximum absolute atomic E-state index is 11.5. The zero-order valence-corrected chi connectivity index (χ0v) is 11.1. The van der Waals surface area contributed by atoms with E-state index in [1.165, 1.54) is 0 Å². The molecule has 0 spiro atoms. The minimum absolute atomic E-state index is 0.333. The molecule has 14 heavy (non-hydrogen) atoms. The third-order valence-electron chi connectivity index (χ3n) is 2.78. The van der Waals surface area contributed by atoms with Crippen LogP contribution in [0.1, 0.15) is 20.3 Å². The molecule has 1 aliphatic rings. The van der Waals surface area contributed by atoms with Crippen LogP contribution in [0.3, 0.4) is 0 Å². The zero-order chi connectivity index (χ0) is 10.8. The first-order chi connectivity index (χ1) is 6.47. The minimum Gasteiger partial charge on any atom is -0.212 e. The van der Waals surface area contributed by atoms with Crippen molar-refractivity contribution in [1.29, 1.82) is 0 Å². The molecular weight excluding hydrogens is 266 g/mol. The van der Waals surface area contributed by atoms with Crippen LogP contribution in [0.25, 0.3) is 0 Å². The summed E-state index contributed by atoms with van der Waals surface area (Å²) < 4.78 is 24.7. The lowest BCUT2D eigenvalue weighted by Crippen LogP contribution is -2.33. The molecule has 0 aromatic rings. The van der Waals surface area contributed by atoms with Gasteiger partial charge in [-0.3, -0.25) is 0 Å². The second-order valence-electron chi connectivity index (χ2n) is 4.19. The topological polar surface area (TPSA) is 37.4 Å². The molecule has 0 amide bonds. The minimum atomic E-state index is -2.91. The Morgan fingerprint density at radius 3 is 2.43 bits per heavy atom. The maximum atomic E-state index is 11.5. The summed E-state index contributed by atoms with van der Waals surface area (Å²) in [6.07, 6.45) is 0.787. The quantitative estimate of drug-likeness (QED) is 0.737. The normalized spacial score (nSPS) is 24.3. The summed E-state index contributed by atoms with van der Waals surface area (Å²) in [5, 5.41) is 0.872. The molecule has 1 aliphatic heterocycles. The van der Waals surface area contributed by atoms with Gasteiger partial charge in [0.05, 0.1) is 5.75 Å². The van der Waals surface area contributed by atoms with Crippen LogP contribution in [0.5, 0.6) is 0 Å². The number of hydrogen-bond acceptors (Lipinski definition) is 2. The summed E-state index contributed by atoms with van der Waals surface area (Å²) in [4.78, 5) is 0. The molecule has 1 saturated heterocycles. The van der Waals surface area contributed by atoms with E-state index in [2.05, 4.69) is 29.8 Å². The van der Waals surface area contributed by atoms with Crippen LogP contribution in [0.4, 0.5) is 0 Å². The van der Waals surface area contributed by atoms with Crippen molar-refractivity contribution in [2.75, 3.05) is 24.2 Å². The van der Waals surface area contributed by atoms with Gasteiger partial charge < -0.3 is 0 Å². The van der Waals surface area contributed by atoms with Crippen LogP contribution in [0, 0.1) is 11.8 Å². The Morgan fingerprint density at radius 1 is 1.43 bits per heavy atom. The van der Waals surface area contributed by atoms with Gasteiger partial charge in [-0.2, -0.15) is 0 Å². The molecule has 1 fully saturated rings. The number of alkyl halides is 1. The molecule has 3 nitrogen and oxygen atoms in total. The fourth-order valence-electron chi connectivity index (χ4n) is 1.60. The van der Waals surface area contributed by atoms with Crippen LogP contribution >= 0.6 is 15.9 Å². The van der Waals surface area contributed by atoms with Gasteiger partial charge in [0, 0.05) is 18.4 Å². The van der Waals surface area contributed by atoms with Gasteiger partial charge in [-0.15, -0.1) is 0 Å². The standard InChI is InChI=1S/C9H18BrNO2S/c1-8(2)9(6-10)7-11-4-3-5-14(11,12)13/h8-9H,3-7H2,1-2H3. The van der Waals surface area contributed by atoms with Gasteiger partial charge in [-0.05, 0) is 18.3 Å². The number of halogens is 1. The highest BCUT2D eigenvalue weighted by Crippen LogP contribution is 2.20. The van der Waals surface area contributed by atoms with Crippen LogP contribution in [0.15, 0.2) is 0 Å². The van der Waals surface area contributed by atoms with E-state index in [0.717, 1.165) is 11.8 Å². The number of sulfonamides is 1. The molecule has 0 aliphatic carbocycles. The first-order valence-corrected chi connectivity index (χ1v) is 7.74. The third-order valence-corrected chi connectivity index (χ3v) is 5.54. The Kier molecular flexibility index (Phi) is 4.40. The van der Waals surface area contributed by atoms with Gasteiger partial charge in [0.1, 0.15) is 0 Å². The Labute approximate surface area is 95.0 Å². The van der Waals surface area contributed by atoms with E-state index >= 15 is 0 Å². The van der Waals surface area contributed by atoms with Crippen LogP contribution in [-0.4, -0.2) is 36.9 Å². The molecule has 1 unspecified atom stereocenters. The molecule has 0 aromatic carbocycles. The number of nitrogens with zero attached hydrogens (tertiary/aromatic N) is 1. The molecule has 0 saturated carbocycles. The van der Waals surface area contributed by atoms with Crippen LogP contribution in [0.2, 0.25) is 0 Å². The van der Waals surface area contributed by atoms with E-state index in [0.29, 0.717) is 30.7 Å². The average Bonchev–Trinajstić information content (AvgIpc) is 2.40. The first kappa shape index (κ1) is 12.5. The Hall–Kier alpha value is 0.390. The van der Waals surface area contributed by atoms with E-state index in [-0.39, 0.29) is 0 Å². The molecular formula is C9H18BrNO2S. The predicted octanol–water partition coefficient (Wildman–Crippen LogP) is 1.69. The summed E-state index contributed by atoms with van der Waals surface area (Å²) >= 11 is 3.44. The van der Waals surface area contributed by atoms with E-state index in [4.69, 9.17) is 0 Å². The van der Waals surface area contributed by atoms with Crippen LogP contribution < -0.4 is 0 Å². The summed E-state index contributed by atoms with van der Waals surface area (Å²) in [6, 6.07) is 0. The van der Waals surface area contributed by atoms with Gasteiger partial charge >= 0.3 is 0 Å². The number of hydrogen-bond donors (Lipinski definition) is 0. The maximum Gasteiger partial charge on any atom is 0.214 e. The van der Waals surface area contributed by atoms with E-state index < -0.39 is 10.0 Å². The van der Waals surface area contributed by atoms with Crippen molar-refractivity contribution in [3.63, 3.8) is 0 Å². The van der Waals surface area contributed by atoms with Gasteiger partial charge in [-0.25, -0.2) is 12.7 Å². The second-order valence-corrected chi connectivity index (χ2v) is 6.92. The van der Waals surface area contributed by atoms with E-state index in [1.54, 1.807) is 4.31 Å². The van der Waals surface area contributed by atoms with Crippen molar-refractivity contribution in [1.82, 2.24) is 4.31 Å². The fraction of sp³-hybridized carbons (Fsp3) is 1.00. The van der Waals surface area contributed by atoms with Gasteiger partial charge in [0.2, 0.25) is 10.0 Å². The van der Waals surface area contributed by atoms with Crippen molar-refractivity contribution >= 4 is 26.0 Å². The van der Waals surface area contributed by atoms with Crippen molar-refractivity contribution in [2.45, 2.75) is 20.3 Å². The fourth-order valence-corrected chi connectivity index (χ4v) is 4.13. The summed E-state index contributed by atoms with van der Waals surface area (Å²) in [5.41, 5.74) is 0. The lowest BCUT2D eigenvalue weighted by Gasteiger charge is -2.23. The molecule has 0 aromatic heterocycles. The van der Waals surface area contributed by atoms with Gasteiger partial charge in [0.25, 0.3) is 0 Å². The predicted molar refractivity (Wildman–Crippen MR) is 62.1 cm³/mol. The Morgan fingerprint density at radius 2 is 2.07 bits per heavy atom. The molecule has 1 atom stereocenters. The number of rotatable bonds is 4. The first-order valence-electron chi connectivity index (χ1n) is 5.01. The SMILES string of the molecule is CC(C)C(CBr)CN1CCCS1(=O)=O. The molecule has 0 bridgehead atoms. The Bertz CT molecular complexity index is 277. The molecule has 1 heterocycles. The zero-order valence-electron chi connectivity index (χ0n) is 8.74. The molecule has 1 rings (SSSR count). The van der Waals surface area contributed by atoms with Crippen molar-refractivity contribution in [2.24, 2.45) is 11.8 Å². The summed E-state index contributed by atoms with van der Waals surface area (Å²) in [7, 11) is -2.91. The van der Waals surface area contributed by atoms with Crippen LogP contribution in [-0.2, 0) is 10.0 Å². The largest absolute Gasteiger partial charge is 0.214 e. The lowest BCUT2D eigenvalue weighted by atomic mass is 9.98. The molecule has 84 valence electrons. The van der Waals surface area contributed by atoms with E-state index in [1.807, 2.05) is 0 Å².